The summed E-state index contributed by atoms with van der Waals surface area (Å²) in [5, 5.41) is 14.0. The van der Waals surface area contributed by atoms with Gasteiger partial charge in [-0.3, -0.25) is 9.89 Å². The molecule has 0 bridgehead atoms. The number of carbonyl (C=O) groups is 1. The first-order valence-electron chi connectivity index (χ1n) is 12.8. The van der Waals surface area contributed by atoms with Crippen molar-refractivity contribution in [2.75, 3.05) is 18.5 Å². The van der Waals surface area contributed by atoms with E-state index in [0.717, 1.165) is 39.0 Å². The first-order valence-corrected chi connectivity index (χ1v) is 12.8. The molecule has 39 heavy (non-hydrogen) atoms. The summed E-state index contributed by atoms with van der Waals surface area (Å²) in [7, 11) is 0. The fourth-order valence-electron chi connectivity index (χ4n) is 4.12. The maximum atomic E-state index is 12.0. The number of nitrogens with one attached hydrogen (secondary N) is 3. The van der Waals surface area contributed by atoms with E-state index in [1.807, 2.05) is 93.7 Å². The lowest BCUT2D eigenvalue weighted by molar-refractivity contribution is -0.123. The SMILES string of the molecule is CCOc1ccc2nc(-c3cccc(OCC(=O)NC(C)C)c3)nc(Nc3ccc(-c4cn[nH]c4)cc3)c2c1. The Morgan fingerprint density at radius 1 is 0.923 bits per heavy atom. The van der Waals surface area contributed by atoms with Crippen molar-refractivity contribution in [2.24, 2.45) is 0 Å². The topological polar surface area (TPSA) is 114 Å². The molecule has 1 amide bonds. The number of ether oxygens (including phenoxy) is 2. The molecule has 9 nitrogen and oxygen atoms in total. The predicted octanol–water partition coefficient (Wildman–Crippen LogP) is 5.73. The van der Waals surface area contributed by atoms with Crippen LogP contribution in [-0.4, -0.2) is 45.3 Å². The first-order chi connectivity index (χ1) is 19.0. The van der Waals surface area contributed by atoms with Crippen LogP contribution >= 0.6 is 0 Å². The van der Waals surface area contributed by atoms with E-state index < -0.39 is 0 Å². The van der Waals surface area contributed by atoms with Gasteiger partial charge in [0.2, 0.25) is 0 Å². The quantitative estimate of drug-likeness (QED) is 0.215. The van der Waals surface area contributed by atoms with E-state index in [4.69, 9.17) is 19.4 Å². The highest BCUT2D eigenvalue weighted by atomic mass is 16.5. The normalized spacial score (nSPS) is 11.0. The smallest absolute Gasteiger partial charge is 0.258 e. The molecule has 0 spiro atoms. The van der Waals surface area contributed by atoms with Gasteiger partial charge in [0.15, 0.2) is 12.4 Å². The summed E-state index contributed by atoms with van der Waals surface area (Å²) < 4.78 is 11.5. The molecule has 2 heterocycles. The Hall–Kier alpha value is -4.92. The Labute approximate surface area is 226 Å². The average molecular weight is 523 g/mol. The number of aromatic amines is 1. The van der Waals surface area contributed by atoms with Crippen LogP contribution in [0.5, 0.6) is 11.5 Å². The van der Waals surface area contributed by atoms with Crippen molar-refractivity contribution < 1.29 is 14.3 Å². The number of nitrogens with zero attached hydrogens (tertiary/aromatic N) is 3. The molecule has 0 aliphatic heterocycles. The third-order valence-corrected chi connectivity index (χ3v) is 5.87. The zero-order valence-electron chi connectivity index (χ0n) is 22.1. The van der Waals surface area contributed by atoms with Crippen LogP contribution in [0.1, 0.15) is 20.8 Å². The molecule has 3 N–H and O–H groups in total. The molecule has 0 saturated carbocycles. The number of amides is 1. The number of aromatic nitrogens is 4. The lowest BCUT2D eigenvalue weighted by atomic mass is 10.1. The van der Waals surface area contributed by atoms with Crippen LogP contribution < -0.4 is 20.1 Å². The van der Waals surface area contributed by atoms with Crippen LogP contribution in [0.25, 0.3) is 33.4 Å². The van der Waals surface area contributed by atoms with Crippen LogP contribution in [0.3, 0.4) is 0 Å². The Balaban J connectivity index is 1.47. The summed E-state index contributed by atoms with van der Waals surface area (Å²) in [6.07, 6.45) is 3.65. The average Bonchev–Trinajstić information content (AvgIpc) is 3.48. The van der Waals surface area contributed by atoms with Gasteiger partial charge in [0, 0.05) is 34.4 Å². The molecule has 0 atom stereocenters. The second-order valence-electron chi connectivity index (χ2n) is 9.24. The molecule has 0 saturated heterocycles. The van der Waals surface area contributed by atoms with Gasteiger partial charge in [0.05, 0.1) is 18.3 Å². The third-order valence-electron chi connectivity index (χ3n) is 5.87. The summed E-state index contributed by atoms with van der Waals surface area (Å²) in [4.78, 5) is 21.7. The van der Waals surface area contributed by atoms with E-state index in [1.165, 1.54) is 0 Å². The zero-order chi connectivity index (χ0) is 27.2. The lowest BCUT2D eigenvalue weighted by Gasteiger charge is -2.14. The zero-order valence-corrected chi connectivity index (χ0v) is 22.1. The molecule has 0 unspecified atom stereocenters. The van der Waals surface area contributed by atoms with Crippen molar-refractivity contribution >= 4 is 28.3 Å². The van der Waals surface area contributed by atoms with E-state index in [-0.39, 0.29) is 18.6 Å². The molecule has 3 aromatic carbocycles. The number of H-pyrrole nitrogens is 1. The molecule has 0 radical (unpaired) electrons. The molecule has 9 heteroatoms. The van der Waals surface area contributed by atoms with Gasteiger partial charge in [-0.25, -0.2) is 9.97 Å². The summed E-state index contributed by atoms with van der Waals surface area (Å²) >= 11 is 0. The summed E-state index contributed by atoms with van der Waals surface area (Å²) in [6, 6.07) is 21.3. The van der Waals surface area contributed by atoms with Gasteiger partial charge in [-0.15, -0.1) is 0 Å². The molecular formula is C30H30N6O3. The fourth-order valence-corrected chi connectivity index (χ4v) is 4.12. The van der Waals surface area contributed by atoms with E-state index >= 15 is 0 Å². The highest BCUT2D eigenvalue weighted by Crippen LogP contribution is 2.32. The van der Waals surface area contributed by atoms with Crippen molar-refractivity contribution in [3.63, 3.8) is 0 Å². The molecule has 198 valence electrons. The predicted molar refractivity (Wildman–Crippen MR) is 152 cm³/mol. The number of anilines is 2. The van der Waals surface area contributed by atoms with Crippen LogP contribution in [0, 0.1) is 0 Å². The highest BCUT2D eigenvalue weighted by Gasteiger charge is 2.13. The van der Waals surface area contributed by atoms with Gasteiger partial charge in [0.1, 0.15) is 17.3 Å². The minimum absolute atomic E-state index is 0.0504. The lowest BCUT2D eigenvalue weighted by Crippen LogP contribution is -2.34. The van der Waals surface area contributed by atoms with E-state index in [2.05, 4.69) is 20.8 Å². The number of rotatable bonds is 10. The Morgan fingerprint density at radius 3 is 2.49 bits per heavy atom. The van der Waals surface area contributed by atoms with Crippen molar-refractivity contribution in [2.45, 2.75) is 26.8 Å². The van der Waals surface area contributed by atoms with Gasteiger partial charge >= 0.3 is 0 Å². The summed E-state index contributed by atoms with van der Waals surface area (Å²) in [5.74, 6) is 2.31. The number of carbonyl (C=O) groups excluding carboxylic acids is 1. The van der Waals surface area contributed by atoms with Gasteiger partial charge in [0.25, 0.3) is 5.91 Å². The molecule has 0 aliphatic rings. The third kappa shape index (κ3) is 6.32. The second-order valence-corrected chi connectivity index (χ2v) is 9.24. The molecule has 2 aromatic heterocycles. The Bertz CT molecular complexity index is 1570. The minimum atomic E-state index is -0.173. The molecular weight excluding hydrogens is 492 g/mol. The van der Waals surface area contributed by atoms with Crippen LogP contribution in [0.15, 0.2) is 79.1 Å². The fraction of sp³-hybridized carbons (Fsp3) is 0.200. The van der Waals surface area contributed by atoms with Gasteiger partial charge in [-0.05, 0) is 68.8 Å². The molecule has 0 fully saturated rings. The summed E-state index contributed by atoms with van der Waals surface area (Å²) in [6.45, 7) is 6.26. The standard InChI is InChI=1S/C30H30N6O3/c1-4-38-25-12-13-27-26(15-25)30(34-23-10-8-20(9-11-23)22-16-31-32-17-22)36-29(35-27)21-6-5-7-24(14-21)39-18-28(37)33-19(2)3/h5-17,19H,4,18H2,1-3H3,(H,31,32)(H,33,37)(H,34,35,36). The van der Waals surface area contributed by atoms with Crippen molar-refractivity contribution in [1.82, 2.24) is 25.5 Å². The van der Waals surface area contributed by atoms with Gasteiger partial charge in [-0.1, -0.05) is 24.3 Å². The largest absolute Gasteiger partial charge is 0.494 e. The second kappa shape index (κ2) is 11.6. The maximum absolute atomic E-state index is 12.0. The number of hydrogen-bond donors (Lipinski definition) is 3. The number of benzene rings is 3. The van der Waals surface area contributed by atoms with E-state index in [9.17, 15) is 4.79 Å². The Kier molecular flexibility index (Phi) is 7.68. The molecule has 0 aliphatic carbocycles. The number of hydrogen-bond acceptors (Lipinski definition) is 7. The van der Waals surface area contributed by atoms with Crippen molar-refractivity contribution in [3.8, 4) is 34.0 Å². The monoisotopic (exact) mass is 522 g/mol. The van der Waals surface area contributed by atoms with Crippen molar-refractivity contribution in [3.05, 3.63) is 79.1 Å². The first kappa shape index (κ1) is 25.7. The minimum Gasteiger partial charge on any atom is -0.494 e. The van der Waals surface area contributed by atoms with Crippen LogP contribution in [0.2, 0.25) is 0 Å². The van der Waals surface area contributed by atoms with Crippen LogP contribution in [-0.2, 0) is 4.79 Å². The Morgan fingerprint density at radius 2 is 1.74 bits per heavy atom. The number of fused-ring (bicyclic) bond motifs is 1. The maximum Gasteiger partial charge on any atom is 0.258 e. The van der Waals surface area contributed by atoms with Crippen molar-refractivity contribution in [1.29, 1.82) is 0 Å². The van der Waals surface area contributed by atoms with Gasteiger partial charge in [-0.2, -0.15) is 5.10 Å². The molecule has 5 rings (SSSR count). The van der Waals surface area contributed by atoms with Crippen LogP contribution in [0.4, 0.5) is 11.5 Å². The summed E-state index contributed by atoms with van der Waals surface area (Å²) in [5.41, 5.74) is 4.49. The van der Waals surface area contributed by atoms with Gasteiger partial charge < -0.3 is 20.1 Å². The van der Waals surface area contributed by atoms with E-state index in [1.54, 1.807) is 6.20 Å². The highest BCUT2D eigenvalue weighted by molar-refractivity contribution is 5.93. The molecule has 5 aromatic rings. The van der Waals surface area contributed by atoms with E-state index in [0.29, 0.717) is 24.0 Å².